The molecule has 0 saturated carbocycles. The summed E-state index contributed by atoms with van der Waals surface area (Å²) in [6, 6.07) is 10.5. The second-order valence-electron chi connectivity index (χ2n) is 6.30. The van der Waals surface area contributed by atoms with Gasteiger partial charge in [0, 0.05) is 33.1 Å². The zero-order chi connectivity index (χ0) is 14.8. The topological polar surface area (TPSA) is 40.6 Å². The molecular weight excluding hydrogens is 264 g/mol. The van der Waals surface area contributed by atoms with E-state index in [1.54, 1.807) is 11.9 Å². The summed E-state index contributed by atoms with van der Waals surface area (Å²) in [5.41, 5.74) is 1.34. The van der Waals surface area contributed by atoms with E-state index in [2.05, 4.69) is 24.3 Å². The van der Waals surface area contributed by atoms with E-state index >= 15 is 0 Å². The third-order valence-electron chi connectivity index (χ3n) is 4.65. The standard InChI is InChI=1S/C17H22N2O2/c1-18-12-15(10-16(18)20)17(21)19-8-7-14(11-19)9-13-5-3-2-4-6-13/h2-6,14-15H,7-12H2,1H3. The number of hydrogen-bond acceptors (Lipinski definition) is 2. The molecule has 0 bridgehead atoms. The van der Waals surface area contributed by atoms with Gasteiger partial charge in [-0.25, -0.2) is 0 Å². The molecule has 2 aliphatic heterocycles. The summed E-state index contributed by atoms with van der Waals surface area (Å²) >= 11 is 0. The van der Waals surface area contributed by atoms with Crippen LogP contribution in [0.25, 0.3) is 0 Å². The number of carbonyl (C=O) groups excluding carboxylic acids is 2. The Kier molecular flexibility index (Phi) is 3.95. The molecule has 4 nitrogen and oxygen atoms in total. The van der Waals surface area contributed by atoms with E-state index in [-0.39, 0.29) is 17.7 Å². The highest BCUT2D eigenvalue weighted by molar-refractivity contribution is 5.89. The second-order valence-corrected chi connectivity index (χ2v) is 6.30. The molecule has 0 spiro atoms. The Labute approximate surface area is 125 Å². The number of nitrogens with zero attached hydrogens (tertiary/aromatic N) is 2. The quantitative estimate of drug-likeness (QED) is 0.846. The van der Waals surface area contributed by atoms with Crippen LogP contribution in [0.4, 0.5) is 0 Å². The normalized spacial score (nSPS) is 25.7. The van der Waals surface area contributed by atoms with Crippen molar-refractivity contribution in [1.29, 1.82) is 0 Å². The number of rotatable bonds is 3. The maximum absolute atomic E-state index is 12.5. The van der Waals surface area contributed by atoms with Crippen molar-refractivity contribution in [2.75, 3.05) is 26.7 Å². The van der Waals surface area contributed by atoms with Crippen molar-refractivity contribution in [3.8, 4) is 0 Å². The molecule has 2 amide bonds. The number of hydrogen-bond donors (Lipinski definition) is 0. The van der Waals surface area contributed by atoms with Gasteiger partial charge in [-0.1, -0.05) is 30.3 Å². The lowest BCUT2D eigenvalue weighted by atomic mass is 9.99. The molecule has 1 aromatic rings. The van der Waals surface area contributed by atoms with Crippen LogP contribution in [0.5, 0.6) is 0 Å². The largest absolute Gasteiger partial charge is 0.345 e. The smallest absolute Gasteiger partial charge is 0.228 e. The number of amides is 2. The lowest BCUT2D eigenvalue weighted by Gasteiger charge is -2.20. The van der Waals surface area contributed by atoms with Gasteiger partial charge in [-0.2, -0.15) is 0 Å². The van der Waals surface area contributed by atoms with Crippen LogP contribution in [0, 0.1) is 11.8 Å². The minimum absolute atomic E-state index is 0.0911. The molecule has 1 aromatic carbocycles. The molecule has 2 aliphatic rings. The van der Waals surface area contributed by atoms with Crippen molar-refractivity contribution in [2.45, 2.75) is 19.3 Å². The summed E-state index contributed by atoms with van der Waals surface area (Å²) in [6.45, 7) is 2.25. The van der Waals surface area contributed by atoms with Gasteiger partial charge in [-0.3, -0.25) is 9.59 Å². The Bertz CT molecular complexity index is 529. The zero-order valence-corrected chi connectivity index (χ0v) is 12.5. The summed E-state index contributed by atoms with van der Waals surface area (Å²) in [5.74, 6) is 0.681. The number of benzene rings is 1. The lowest BCUT2D eigenvalue weighted by Crippen LogP contribution is -2.35. The highest BCUT2D eigenvalue weighted by Crippen LogP contribution is 2.25. The predicted molar refractivity (Wildman–Crippen MR) is 80.6 cm³/mol. The monoisotopic (exact) mass is 286 g/mol. The Morgan fingerprint density at radius 1 is 1.24 bits per heavy atom. The summed E-state index contributed by atoms with van der Waals surface area (Å²) in [6.07, 6.45) is 2.49. The molecule has 0 N–H and O–H groups in total. The average molecular weight is 286 g/mol. The Morgan fingerprint density at radius 2 is 2.00 bits per heavy atom. The molecule has 112 valence electrons. The van der Waals surface area contributed by atoms with Crippen LogP contribution < -0.4 is 0 Å². The van der Waals surface area contributed by atoms with Crippen molar-refractivity contribution in [3.05, 3.63) is 35.9 Å². The van der Waals surface area contributed by atoms with E-state index in [9.17, 15) is 9.59 Å². The average Bonchev–Trinajstić information content (AvgIpc) is 3.07. The lowest BCUT2D eigenvalue weighted by molar-refractivity contribution is -0.135. The van der Waals surface area contributed by atoms with Gasteiger partial charge in [-0.15, -0.1) is 0 Å². The molecule has 2 heterocycles. The van der Waals surface area contributed by atoms with E-state index in [1.807, 2.05) is 11.0 Å². The van der Waals surface area contributed by atoms with Crippen molar-refractivity contribution in [3.63, 3.8) is 0 Å². The minimum atomic E-state index is -0.127. The second kappa shape index (κ2) is 5.88. The molecule has 2 saturated heterocycles. The first-order valence-electron chi connectivity index (χ1n) is 7.70. The van der Waals surface area contributed by atoms with Crippen molar-refractivity contribution in [1.82, 2.24) is 9.80 Å². The van der Waals surface area contributed by atoms with E-state index in [1.165, 1.54) is 5.56 Å². The van der Waals surface area contributed by atoms with E-state index in [0.717, 1.165) is 25.9 Å². The molecule has 21 heavy (non-hydrogen) atoms. The first-order chi connectivity index (χ1) is 10.1. The van der Waals surface area contributed by atoms with E-state index in [4.69, 9.17) is 0 Å². The van der Waals surface area contributed by atoms with E-state index < -0.39 is 0 Å². The number of likely N-dealkylation sites (tertiary alicyclic amines) is 2. The summed E-state index contributed by atoms with van der Waals surface area (Å²) in [7, 11) is 1.78. The van der Waals surface area contributed by atoms with Crippen molar-refractivity contribution >= 4 is 11.8 Å². The molecule has 2 atom stereocenters. The first-order valence-corrected chi connectivity index (χ1v) is 7.70. The van der Waals surface area contributed by atoms with Gasteiger partial charge in [0.1, 0.15) is 0 Å². The summed E-state index contributed by atoms with van der Waals surface area (Å²) < 4.78 is 0. The van der Waals surface area contributed by atoms with Gasteiger partial charge in [0.2, 0.25) is 11.8 Å². The molecule has 3 rings (SSSR count). The Hall–Kier alpha value is -1.84. The highest BCUT2D eigenvalue weighted by Gasteiger charge is 2.37. The van der Waals surface area contributed by atoms with Crippen LogP contribution in [0.15, 0.2) is 30.3 Å². The molecular formula is C17H22N2O2. The molecule has 0 radical (unpaired) electrons. The number of carbonyl (C=O) groups is 2. The predicted octanol–water partition coefficient (Wildman–Crippen LogP) is 1.56. The van der Waals surface area contributed by atoms with Crippen LogP contribution >= 0.6 is 0 Å². The van der Waals surface area contributed by atoms with Crippen LogP contribution in [0.1, 0.15) is 18.4 Å². The van der Waals surface area contributed by atoms with Crippen molar-refractivity contribution < 1.29 is 9.59 Å². The zero-order valence-electron chi connectivity index (χ0n) is 12.5. The van der Waals surface area contributed by atoms with Gasteiger partial charge in [0.25, 0.3) is 0 Å². The molecule has 2 unspecified atom stereocenters. The minimum Gasteiger partial charge on any atom is -0.345 e. The maximum Gasteiger partial charge on any atom is 0.228 e. The molecule has 2 fully saturated rings. The van der Waals surface area contributed by atoms with Gasteiger partial charge < -0.3 is 9.80 Å². The fourth-order valence-electron chi connectivity index (χ4n) is 3.43. The van der Waals surface area contributed by atoms with E-state index in [0.29, 0.717) is 18.9 Å². The Morgan fingerprint density at radius 3 is 2.67 bits per heavy atom. The first kappa shape index (κ1) is 14.1. The maximum atomic E-state index is 12.5. The fourth-order valence-corrected chi connectivity index (χ4v) is 3.43. The SMILES string of the molecule is CN1CC(C(=O)N2CCC(Cc3ccccc3)C2)CC1=O. The summed E-state index contributed by atoms with van der Waals surface area (Å²) in [5, 5.41) is 0. The van der Waals surface area contributed by atoms with Gasteiger partial charge in [-0.05, 0) is 24.3 Å². The van der Waals surface area contributed by atoms with Crippen LogP contribution in [-0.4, -0.2) is 48.3 Å². The third-order valence-corrected chi connectivity index (χ3v) is 4.65. The molecule has 4 heteroatoms. The van der Waals surface area contributed by atoms with Crippen LogP contribution in [0.3, 0.4) is 0 Å². The fraction of sp³-hybridized carbons (Fsp3) is 0.529. The Balaban J connectivity index is 1.55. The molecule has 0 aromatic heterocycles. The van der Waals surface area contributed by atoms with Crippen LogP contribution in [0.2, 0.25) is 0 Å². The van der Waals surface area contributed by atoms with Crippen molar-refractivity contribution in [2.24, 2.45) is 11.8 Å². The molecule has 0 aliphatic carbocycles. The van der Waals surface area contributed by atoms with Gasteiger partial charge >= 0.3 is 0 Å². The van der Waals surface area contributed by atoms with Crippen LogP contribution in [-0.2, 0) is 16.0 Å². The summed E-state index contributed by atoms with van der Waals surface area (Å²) in [4.78, 5) is 27.7. The third kappa shape index (κ3) is 3.09. The van der Waals surface area contributed by atoms with Gasteiger partial charge in [0.15, 0.2) is 0 Å². The van der Waals surface area contributed by atoms with Gasteiger partial charge in [0.05, 0.1) is 5.92 Å². The highest BCUT2D eigenvalue weighted by atomic mass is 16.2.